The molecule has 2 aliphatic carbocycles. The van der Waals surface area contributed by atoms with Crippen molar-refractivity contribution in [2.75, 3.05) is 0 Å². The van der Waals surface area contributed by atoms with E-state index in [4.69, 9.17) is 4.74 Å². The molecule has 13 rings (SSSR count). The van der Waals surface area contributed by atoms with Crippen LogP contribution in [0.25, 0.3) is 55.3 Å². The molecule has 1 nitrogen and oxygen atoms in total. The second-order valence-corrected chi connectivity index (χ2v) is 16.7. The Morgan fingerprint density at radius 3 is 1.57 bits per heavy atom. The van der Waals surface area contributed by atoms with Crippen molar-refractivity contribution in [1.82, 2.24) is 0 Å². The van der Waals surface area contributed by atoms with Gasteiger partial charge in [-0.2, -0.15) is 0 Å². The highest BCUT2D eigenvalue weighted by molar-refractivity contribution is 6.03. The fraction of sp³-hybridized carbons (Fsp3) is 0.0333. The first kappa shape index (κ1) is 34.2. The van der Waals surface area contributed by atoms with Gasteiger partial charge in [-0.15, -0.1) is 0 Å². The SMILES string of the molecule is c1ccc(C2(c3ccccc3)c3ccccc3Oc3ccc(-c4cccc(-c5cccc6c5-c5ccccc5C65c6ccccc6-c6cc7ccccc7cc65)c4)cc32)cc1. The molecule has 0 bridgehead atoms. The zero-order valence-electron chi connectivity index (χ0n) is 33.3. The maximum absolute atomic E-state index is 6.76. The Kier molecular flexibility index (Phi) is 7.21. The minimum Gasteiger partial charge on any atom is -0.457 e. The molecule has 0 saturated carbocycles. The van der Waals surface area contributed by atoms with Crippen molar-refractivity contribution >= 4 is 10.8 Å². The summed E-state index contributed by atoms with van der Waals surface area (Å²) in [7, 11) is 0. The Bertz CT molecular complexity index is 3360. The second kappa shape index (κ2) is 12.9. The molecule has 0 amide bonds. The van der Waals surface area contributed by atoms with Crippen molar-refractivity contribution in [3.05, 3.63) is 275 Å². The predicted molar refractivity (Wildman–Crippen MR) is 250 cm³/mol. The molecule has 3 aliphatic rings. The van der Waals surface area contributed by atoms with Crippen LogP contribution in [0.1, 0.15) is 44.5 Å². The quantitative estimate of drug-likeness (QED) is 0.173. The van der Waals surface area contributed by atoms with Gasteiger partial charge in [-0.3, -0.25) is 0 Å². The Morgan fingerprint density at radius 1 is 0.262 bits per heavy atom. The summed E-state index contributed by atoms with van der Waals surface area (Å²) in [5, 5.41) is 2.54. The van der Waals surface area contributed by atoms with E-state index in [1.54, 1.807) is 0 Å². The topological polar surface area (TPSA) is 9.23 Å². The minimum atomic E-state index is -0.586. The number of para-hydroxylation sites is 1. The largest absolute Gasteiger partial charge is 0.457 e. The summed E-state index contributed by atoms with van der Waals surface area (Å²) < 4.78 is 6.76. The lowest BCUT2D eigenvalue weighted by Gasteiger charge is -2.41. The second-order valence-electron chi connectivity index (χ2n) is 16.7. The summed E-state index contributed by atoms with van der Waals surface area (Å²) in [5.74, 6) is 1.76. The molecule has 1 heterocycles. The first-order chi connectivity index (χ1) is 30.2. The maximum atomic E-state index is 6.76. The number of hydrogen-bond acceptors (Lipinski definition) is 1. The van der Waals surface area contributed by atoms with Gasteiger partial charge in [0.15, 0.2) is 0 Å². The van der Waals surface area contributed by atoms with Gasteiger partial charge in [0, 0.05) is 11.1 Å². The predicted octanol–water partition coefficient (Wildman–Crippen LogP) is 15.0. The number of rotatable bonds is 4. The van der Waals surface area contributed by atoms with Crippen LogP contribution in [-0.4, -0.2) is 0 Å². The van der Waals surface area contributed by atoms with Crippen molar-refractivity contribution in [1.29, 1.82) is 0 Å². The van der Waals surface area contributed by atoms with Gasteiger partial charge in [0.1, 0.15) is 11.5 Å². The van der Waals surface area contributed by atoms with E-state index in [2.05, 4.69) is 231 Å². The molecule has 1 atom stereocenters. The molecule has 10 aromatic carbocycles. The zero-order valence-corrected chi connectivity index (χ0v) is 33.3. The summed E-state index contributed by atoms with van der Waals surface area (Å²) in [5.41, 5.74) is 19.1. The van der Waals surface area contributed by atoms with Crippen LogP contribution in [0.5, 0.6) is 11.5 Å². The number of benzene rings is 10. The zero-order chi connectivity index (χ0) is 40.1. The summed E-state index contributed by atoms with van der Waals surface area (Å²) in [6, 6.07) is 85.2. The summed E-state index contributed by atoms with van der Waals surface area (Å²) in [4.78, 5) is 0. The highest BCUT2D eigenvalue weighted by Gasteiger charge is 2.52. The van der Waals surface area contributed by atoms with E-state index in [1.165, 1.54) is 77.5 Å². The van der Waals surface area contributed by atoms with Crippen molar-refractivity contribution in [3.63, 3.8) is 0 Å². The van der Waals surface area contributed by atoms with Crippen LogP contribution >= 0.6 is 0 Å². The number of ether oxygens (including phenoxy) is 1. The van der Waals surface area contributed by atoms with Crippen LogP contribution in [0.2, 0.25) is 0 Å². The molecule has 1 aliphatic heterocycles. The third-order valence-electron chi connectivity index (χ3n) is 13.8. The molecule has 0 aromatic heterocycles. The molecule has 284 valence electrons. The monoisotopic (exact) mass is 774 g/mol. The minimum absolute atomic E-state index is 0.428. The van der Waals surface area contributed by atoms with Gasteiger partial charge < -0.3 is 4.74 Å². The summed E-state index contributed by atoms with van der Waals surface area (Å²) in [6.45, 7) is 0. The maximum Gasteiger partial charge on any atom is 0.132 e. The van der Waals surface area contributed by atoms with Crippen LogP contribution in [0, 0.1) is 0 Å². The fourth-order valence-electron chi connectivity index (χ4n) is 11.4. The first-order valence-corrected chi connectivity index (χ1v) is 21.2. The molecule has 1 unspecified atom stereocenters. The van der Waals surface area contributed by atoms with Gasteiger partial charge in [-0.1, -0.05) is 194 Å². The van der Waals surface area contributed by atoms with Crippen LogP contribution in [0.4, 0.5) is 0 Å². The van der Waals surface area contributed by atoms with E-state index in [1.807, 2.05) is 0 Å². The standard InChI is InChI=1S/C60H38O/c1-3-21-44(22-4-1)59(45-23-5-2-6-24-45)52-30-13-14-32-56(52)61-57-34-33-42(38-55(57)59)39-19-15-20-43(35-39)46-27-16-31-53-58(46)48-26-10-12-29-51(48)60(53)50-28-11-9-25-47(50)49-36-40-17-7-8-18-41(40)37-54(49)60/h1-38H. The van der Waals surface area contributed by atoms with Crippen LogP contribution in [-0.2, 0) is 10.8 Å². The average molecular weight is 775 g/mol. The summed E-state index contributed by atoms with van der Waals surface area (Å²) >= 11 is 0. The van der Waals surface area contributed by atoms with E-state index in [0.29, 0.717) is 0 Å². The lowest BCUT2D eigenvalue weighted by Crippen LogP contribution is -2.34. The third-order valence-corrected chi connectivity index (χ3v) is 13.8. The number of fused-ring (bicyclic) bond motifs is 13. The molecule has 0 N–H and O–H groups in total. The summed E-state index contributed by atoms with van der Waals surface area (Å²) in [6.07, 6.45) is 0. The molecular weight excluding hydrogens is 737 g/mol. The normalized spacial score (nSPS) is 15.9. The molecule has 0 saturated heterocycles. The molecule has 1 spiro atoms. The van der Waals surface area contributed by atoms with E-state index in [-0.39, 0.29) is 0 Å². The Morgan fingerprint density at radius 2 is 0.803 bits per heavy atom. The third kappa shape index (κ3) is 4.61. The van der Waals surface area contributed by atoms with E-state index in [9.17, 15) is 0 Å². The Labute approximate surface area is 355 Å². The highest BCUT2D eigenvalue weighted by atomic mass is 16.5. The fourth-order valence-corrected chi connectivity index (χ4v) is 11.4. The Hall–Kier alpha value is -7.74. The van der Waals surface area contributed by atoms with Crippen LogP contribution in [0.3, 0.4) is 0 Å². The van der Waals surface area contributed by atoms with Crippen LogP contribution in [0.15, 0.2) is 231 Å². The van der Waals surface area contributed by atoms with E-state index < -0.39 is 10.8 Å². The first-order valence-electron chi connectivity index (χ1n) is 21.2. The molecule has 1 heteroatoms. The number of hydrogen-bond donors (Lipinski definition) is 0. The molecule has 61 heavy (non-hydrogen) atoms. The lowest BCUT2D eigenvalue weighted by molar-refractivity contribution is 0.434. The highest BCUT2D eigenvalue weighted by Crippen LogP contribution is 2.64. The smallest absolute Gasteiger partial charge is 0.132 e. The van der Waals surface area contributed by atoms with Crippen molar-refractivity contribution < 1.29 is 4.74 Å². The van der Waals surface area contributed by atoms with Gasteiger partial charge in [0.05, 0.1) is 10.8 Å². The average Bonchev–Trinajstić information content (AvgIpc) is 3.80. The van der Waals surface area contributed by atoms with Crippen molar-refractivity contribution in [2.24, 2.45) is 0 Å². The van der Waals surface area contributed by atoms with Gasteiger partial charge in [0.25, 0.3) is 0 Å². The van der Waals surface area contributed by atoms with Crippen molar-refractivity contribution in [3.8, 4) is 56.0 Å². The van der Waals surface area contributed by atoms with E-state index in [0.717, 1.165) is 33.8 Å². The molecule has 0 fully saturated rings. The Balaban J connectivity index is 1.02. The molecular formula is C60H38O. The van der Waals surface area contributed by atoms with Crippen molar-refractivity contribution in [2.45, 2.75) is 10.8 Å². The van der Waals surface area contributed by atoms with Gasteiger partial charge in [0.2, 0.25) is 0 Å². The van der Waals surface area contributed by atoms with Crippen LogP contribution < -0.4 is 4.74 Å². The van der Waals surface area contributed by atoms with Gasteiger partial charge in [-0.25, -0.2) is 0 Å². The molecule has 10 aromatic rings. The van der Waals surface area contributed by atoms with Gasteiger partial charge in [-0.05, 0) is 125 Å². The van der Waals surface area contributed by atoms with Gasteiger partial charge >= 0.3 is 0 Å². The van der Waals surface area contributed by atoms with E-state index >= 15 is 0 Å². The molecule has 0 radical (unpaired) electrons. The lowest BCUT2D eigenvalue weighted by atomic mass is 9.63.